The van der Waals surface area contributed by atoms with E-state index in [2.05, 4.69) is 19.1 Å². The Bertz CT molecular complexity index is 999. The largest absolute Gasteiger partial charge is 0.430 e. The van der Waals surface area contributed by atoms with Gasteiger partial charge in [0.15, 0.2) is 5.78 Å². The fraction of sp³-hybridized carbons (Fsp3) is 0.607. The first-order valence-electron chi connectivity index (χ1n) is 12.7. The second-order valence-electron chi connectivity index (χ2n) is 10.8. The van der Waals surface area contributed by atoms with Gasteiger partial charge in [0.2, 0.25) is 5.91 Å². The van der Waals surface area contributed by atoms with E-state index in [1.54, 1.807) is 0 Å². The van der Waals surface area contributed by atoms with E-state index in [9.17, 15) is 14.4 Å². The lowest BCUT2D eigenvalue weighted by Crippen LogP contribution is -2.39. The molecule has 0 aromatic heterocycles. The zero-order chi connectivity index (χ0) is 23.3. The highest BCUT2D eigenvalue weighted by atomic mass is 16.5. The van der Waals surface area contributed by atoms with Gasteiger partial charge in [-0.25, -0.2) is 0 Å². The zero-order valence-electron chi connectivity index (χ0n) is 20.1. The van der Waals surface area contributed by atoms with E-state index < -0.39 is 0 Å². The highest BCUT2D eigenvalue weighted by molar-refractivity contribution is 6.25. The van der Waals surface area contributed by atoms with Crippen molar-refractivity contribution >= 4 is 23.2 Å². The highest BCUT2D eigenvalue weighted by Gasteiger charge is 2.41. The number of Topliss-reactive ketones (excluding diaryl/α,β-unsaturated/α-hetero) is 1. The number of hydrogen-bond donors (Lipinski definition) is 0. The number of esters is 1. The van der Waals surface area contributed by atoms with Gasteiger partial charge in [0, 0.05) is 31.3 Å². The summed E-state index contributed by atoms with van der Waals surface area (Å²) >= 11 is 0. The molecule has 176 valence electrons. The molecule has 0 radical (unpaired) electrons. The third kappa shape index (κ3) is 4.64. The summed E-state index contributed by atoms with van der Waals surface area (Å²) in [6.07, 6.45) is 7.10. The zero-order valence-corrected chi connectivity index (χ0v) is 20.1. The van der Waals surface area contributed by atoms with Crippen LogP contribution < -0.4 is 0 Å². The number of nitrogens with zero attached hydrogens (tertiary/aromatic N) is 1. The number of hydrogen-bond acceptors (Lipinski definition) is 4. The van der Waals surface area contributed by atoms with Gasteiger partial charge in [-0.05, 0) is 88.3 Å². The SMILES string of the molecule is Cc1cc(C)c(C2=C(OC(=O)C3CC3)CC(CC3CCN(C(=O)C4CC4)CC3)C2=O)c(C)c1. The molecule has 0 bridgehead atoms. The molecule has 2 saturated carbocycles. The van der Waals surface area contributed by atoms with Crippen LogP contribution in [-0.4, -0.2) is 35.6 Å². The van der Waals surface area contributed by atoms with E-state index >= 15 is 0 Å². The predicted molar refractivity (Wildman–Crippen MR) is 126 cm³/mol. The molecule has 1 heterocycles. The maximum absolute atomic E-state index is 13.7. The minimum absolute atomic E-state index is 0.00134. The van der Waals surface area contributed by atoms with Gasteiger partial charge in [-0.2, -0.15) is 0 Å². The average Bonchev–Trinajstić information content (AvgIpc) is 3.68. The number of ketones is 1. The van der Waals surface area contributed by atoms with Gasteiger partial charge in [-0.15, -0.1) is 0 Å². The number of benzene rings is 1. The van der Waals surface area contributed by atoms with Crippen LogP contribution >= 0.6 is 0 Å². The lowest BCUT2D eigenvalue weighted by molar-refractivity contribution is -0.141. The second kappa shape index (κ2) is 8.73. The number of aryl methyl sites for hydroxylation is 3. The molecule has 1 amide bonds. The van der Waals surface area contributed by atoms with Crippen molar-refractivity contribution in [1.29, 1.82) is 0 Å². The lowest BCUT2D eigenvalue weighted by Gasteiger charge is -2.33. The van der Waals surface area contributed by atoms with Crippen molar-refractivity contribution in [3.05, 3.63) is 40.1 Å². The van der Waals surface area contributed by atoms with E-state index in [4.69, 9.17) is 4.74 Å². The molecule has 5 rings (SSSR count). The monoisotopic (exact) mass is 449 g/mol. The summed E-state index contributed by atoms with van der Waals surface area (Å²) < 4.78 is 5.88. The van der Waals surface area contributed by atoms with Crippen molar-refractivity contribution in [1.82, 2.24) is 4.90 Å². The molecule has 5 heteroatoms. The Hall–Kier alpha value is -2.43. The number of rotatable bonds is 6. The van der Waals surface area contributed by atoms with Gasteiger partial charge in [0.25, 0.3) is 0 Å². The molecule has 1 aromatic carbocycles. The van der Waals surface area contributed by atoms with E-state index in [0.717, 1.165) is 74.7 Å². The Kier molecular flexibility index (Phi) is 5.92. The van der Waals surface area contributed by atoms with Crippen LogP contribution in [0.25, 0.3) is 5.57 Å². The van der Waals surface area contributed by atoms with Gasteiger partial charge >= 0.3 is 5.97 Å². The van der Waals surface area contributed by atoms with Crippen LogP contribution in [0.4, 0.5) is 0 Å². The molecular formula is C28H35NO4. The van der Waals surface area contributed by atoms with Gasteiger partial charge in [-0.1, -0.05) is 17.7 Å². The van der Waals surface area contributed by atoms with E-state index in [-0.39, 0.29) is 29.5 Å². The van der Waals surface area contributed by atoms with E-state index in [1.165, 1.54) is 5.56 Å². The number of carbonyl (C=O) groups is 3. The van der Waals surface area contributed by atoms with Crippen molar-refractivity contribution in [2.75, 3.05) is 13.1 Å². The third-order valence-electron chi connectivity index (χ3n) is 7.86. The number of carbonyl (C=O) groups excluding carboxylic acids is 3. The summed E-state index contributed by atoms with van der Waals surface area (Å²) in [7, 11) is 0. The number of piperidine rings is 1. The normalized spacial score (nSPS) is 23.9. The van der Waals surface area contributed by atoms with Crippen LogP contribution in [0.2, 0.25) is 0 Å². The van der Waals surface area contributed by atoms with Crippen LogP contribution in [0, 0.1) is 44.4 Å². The Labute approximate surface area is 196 Å². The molecular weight excluding hydrogens is 414 g/mol. The smallest absolute Gasteiger partial charge is 0.314 e. The topological polar surface area (TPSA) is 63.7 Å². The Morgan fingerprint density at radius 1 is 0.939 bits per heavy atom. The summed E-state index contributed by atoms with van der Waals surface area (Å²) in [6, 6.07) is 4.20. The molecule has 1 aliphatic heterocycles. The Morgan fingerprint density at radius 3 is 2.12 bits per heavy atom. The summed E-state index contributed by atoms with van der Waals surface area (Å²) in [6.45, 7) is 7.75. The molecule has 33 heavy (non-hydrogen) atoms. The molecule has 5 nitrogen and oxygen atoms in total. The number of ether oxygens (including phenoxy) is 1. The Morgan fingerprint density at radius 2 is 1.55 bits per heavy atom. The third-order valence-corrected chi connectivity index (χ3v) is 7.86. The van der Waals surface area contributed by atoms with Crippen LogP contribution in [0.3, 0.4) is 0 Å². The predicted octanol–water partition coefficient (Wildman–Crippen LogP) is 4.90. The van der Waals surface area contributed by atoms with Crippen LogP contribution in [0.5, 0.6) is 0 Å². The standard InChI is InChI=1S/C28H35NO4/c1-16-12-17(2)24(18(3)13-16)25-23(33-28(32)21-6-7-21)15-22(26(25)30)14-19-8-10-29(11-9-19)27(31)20-4-5-20/h12-13,19-22H,4-11,14-15H2,1-3H3. The van der Waals surface area contributed by atoms with Gasteiger partial charge in [-0.3, -0.25) is 14.4 Å². The molecule has 1 saturated heterocycles. The first-order valence-corrected chi connectivity index (χ1v) is 12.7. The molecule has 1 aromatic rings. The molecule has 3 fully saturated rings. The van der Waals surface area contributed by atoms with Crippen molar-refractivity contribution in [2.24, 2.45) is 23.7 Å². The summed E-state index contributed by atoms with van der Waals surface area (Å²) in [5, 5.41) is 0. The van der Waals surface area contributed by atoms with Gasteiger partial charge in [0.1, 0.15) is 5.76 Å². The molecule has 0 spiro atoms. The number of allylic oxidation sites excluding steroid dienone is 2. The summed E-state index contributed by atoms with van der Waals surface area (Å²) in [5.74, 6) is 1.42. The fourth-order valence-electron chi connectivity index (χ4n) is 5.78. The Balaban J connectivity index is 1.32. The van der Waals surface area contributed by atoms with Crippen LogP contribution in [0.15, 0.2) is 17.9 Å². The van der Waals surface area contributed by atoms with Crippen molar-refractivity contribution < 1.29 is 19.1 Å². The van der Waals surface area contributed by atoms with E-state index in [1.807, 2.05) is 18.7 Å². The first-order chi connectivity index (χ1) is 15.8. The molecule has 1 unspecified atom stereocenters. The number of likely N-dealkylation sites (tertiary alicyclic amines) is 1. The maximum Gasteiger partial charge on any atom is 0.314 e. The van der Waals surface area contributed by atoms with Crippen molar-refractivity contribution in [3.8, 4) is 0 Å². The van der Waals surface area contributed by atoms with Gasteiger partial charge in [0.05, 0.1) is 11.5 Å². The van der Waals surface area contributed by atoms with E-state index in [0.29, 0.717) is 29.6 Å². The lowest BCUT2D eigenvalue weighted by atomic mass is 9.84. The maximum atomic E-state index is 13.7. The van der Waals surface area contributed by atoms with Crippen molar-refractivity contribution in [3.63, 3.8) is 0 Å². The molecule has 4 aliphatic rings. The summed E-state index contributed by atoms with van der Waals surface area (Å²) in [5.41, 5.74) is 4.86. The van der Waals surface area contributed by atoms with Crippen LogP contribution in [0.1, 0.15) is 73.6 Å². The highest BCUT2D eigenvalue weighted by Crippen LogP contribution is 2.43. The minimum Gasteiger partial charge on any atom is -0.430 e. The molecule has 0 N–H and O–H groups in total. The quantitative estimate of drug-likeness (QED) is 0.579. The number of amides is 1. The fourth-order valence-corrected chi connectivity index (χ4v) is 5.78. The molecule has 3 aliphatic carbocycles. The average molecular weight is 450 g/mol. The van der Waals surface area contributed by atoms with Crippen LogP contribution in [-0.2, 0) is 19.1 Å². The van der Waals surface area contributed by atoms with Crippen molar-refractivity contribution in [2.45, 2.75) is 72.1 Å². The second-order valence-corrected chi connectivity index (χ2v) is 10.8. The first kappa shape index (κ1) is 22.4. The minimum atomic E-state index is -0.176. The van der Waals surface area contributed by atoms with Gasteiger partial charge < -0.3 is 9.64 Å². The molecule has 1 atom stereocenters. The summed E-state index contributed by atoms with van der Waals surface area (Å²) in [4.78, 5) is 40.6.